The van der Waals surface area contributed by atoms with Crippen LogP contribution in [0.15, 0.2) is 36.4 Å². The highest BCUT2D eigenvalue weighted by molar-refractivity contribution is 5.52. The van der Waals surface area contributed by atoms with Gasteiger partial charge in [-0.25, -0.2) is 0 Å². The smallest absolute Gasteiger partial charge is 0.0431 e. The molecule has 1 aromatic rings. The van der Waals surface area contributed by atoms with Gasteiger partial charge in [0.15, 0.2) is 0 Å². The van der Waals surface area contributed by atoms with Gasteiger partial charge in [0.2, 0.25) is 0 Å². The minimum Gasteiger partial charge on any atom is -0.396 e. The number of benzene rings is 1. The molecule has 0 aliphatic heterocycles. The highest BCUT2D eigenvalue weighted by Crippen LogP contribution is 2.00. The molecule has 1 aromatic carbocycles. The molecular formula is C15H18O. The maximum atomic E-state index is 8.59. The van der Waals surface area contributed by atoms with E-state index >= 15 is 0 Å². The molecule has 0 heterocycles. The molecule has 0 radical (unpaired) electrons. The second-order valence-corrected chi connectivity index (χ2v) is 3.60. The van der Waals surface area contributed by atoms with Crippen LogP contribution < -0.4 is 0 Å². The van der Waals surface area contributed by atoms with Crippen LogP contribution >= 0.6 is 0 Å². The molecule has 0 spiro atoms. The first-order chi connectivity index (χ1) is 7.93. The van der Waals surface area contributed by atoms with Crippen molar-refractivity contribution in [2.24, 2.45) is 0 Å². The van der Waals surface area contributed by atoms with Crippen LogP contribution in [0.2, 0.25) is 0 Å². The zero-order valence-corrected chi connectivity index (χ0v) is 9.52. The second-order valence-electron chi connectivity index (χ2n) is 3.60. The van der Waals surface area contributed by atoms with E-state index in [2.05, 4.69) is 24.0 Å². The molecule has 0 amide bonds. The molecule has 0 bridgehead atoms. The Bertz CT molecular complexity index is 354. The molecule has 0 aliphatic carbocycles. The van der Waals surface area contributed by atoms with Crippen molar-refractivity contribution in [2.75, 3.05) is 6.61 Å². The van der Waals surface area contributed by atoms with Crippen molar-refractivity contribution in [1.82, 2.24) is 0 Å². The minimum atomic E-state index is 0.293. The van der Waals surface area contributed by atoms with E-state index in [-0.39, 0.29) is 0 Å². The van der Waals surface area contributed by atoms with Gasteiger partial charge < -0.3 is 5.11 Å². The zero-order valence-electron chi connectivity index (χ0n) is 9.52. The third-order valence-electron chi connectivity index (χ3n) is 2.22. The fraction of sp³-hybridized carbons (Fsp3) is 0.333. The summed E-state index contributed by atoms with van der Waals surface area (Å²) in [5, 5.41) is 8.59. The van der Waals surface area contributed by atoms with Gasteiger partial charge in [-0.05, 0) is 30.6 Å². The molecule has 0 aromatic heterocycles. The van der Waals surface area contributed by atoms with Crippen LogP contribution in [-0.4, -0.2) is 11.7 Å². The lowest BCUT2D eigenvalue weighted by atomic mass is 10.2. The Morgan fingerprint density at radius 2 is 1.88 bits per heavy atom. The number of hydrogen-bond acceptors (Lipinski definition) is 1. The summed E-state index contributed by atoms with van der Waals surface area (Å²) >= 11 is 0. The summed E-state index contributed by atoms with van der Waals surface area (Å²) in [4.78, 5) is 0. The first-order valence-corrected chi connectivity index (χ1v) is 5.74. The van der Waals surface area contributed by atoms with Crippen molar-refractivity contribution in [2.45, 2.75) is 25.7 Å². The predicted octanol–water partition coefficient (Wildman–Crippen LogP) is 3.26. The van der Waals surface area contributed by atoms with Crippen molar-refractivity contribution in [3.63, 3.8) is 0 Å². The number of aliphatic hydroxyl groups is 1. The molecule has 0 aliphatic rings. The lowest BCUT2D eigenvalue weighted by molar-refractivity contribution is 0.283. The van der Waals surface area contributed by atoms with E-state index in [9.17, 15) is 0 Å². The first-order valence-electron chi connectivity index (χ1n) is 5.74. The van der Waals surface area contributed by atoms with E-state index in [4.69, 9.17) is 5.11 Å². The zero-order chi connectivity index (χ0) is 11.5. The van der Waals surface area contributed by atoms with E-state index in [1.54, 1.807) is 0 Å². The summed E-state index contributed by atoms with van der Waals surface area (Å²) in [6.07, 6.45) is 7.85. The molecule has 1 heteroatoms. The number of hydrogen-bond donors (Lipinski definition) is 1. The molecule has 0 fully saturated rings. The number of rotatable bonds is 5. The Labute approximate surface area is 97.8 Å². The molecular weight excluding hydrogens is 196 g/mol. The van der Waals surface area contributed by atoms with Gasteiger partial charge in [-0.1, -0.05) is 48.6 Å². The number of unbranched alkanes of at least 4 members (excludes halogenated alkanes) is 3. The van der Waals surface area contributed by atoms with Crippen LogP contribution in [0.25, 0.3) is 6.08 Å². The number of aliphatic hydroxyl groups excluding tert-OH is 1. The molecule has 0 atom stereocenters. The average molecular weight is 214 g/mol. The average Bonchev–Trinajstić information content (AvgIpc) is 2.34. The van der Waals surface area contributed by atoms with E-state index in [1.807, 2.05) is 30.4 Å². The predicted molar refractivity (Wildman–Crippen MR) is 68.8 cm³/mol. The maximum absolute atomic E-state index is 8.59. The highest BCUT2D eigenvalue weighted by Gasteiger charge is 1.84. The van der Waals surface area contributed by atoms with Gasteiger partial charge in [0.1, 0.15) is 0 Å². The molecule has 1 N–H and O–H groups in total. The topological polar surface area (TPSA) is 20.2 Å². The molecule has 0 unspecified atom stereocenters. The summed E-state index contributed by atoms with van der Waals surface area (Å²) in [6, 6.07) is 10.1. The van der Waals surface area contributed by atoms with Gasteiger partial charge in [-0.3, -0.25) is 0 Å². The lowest BCUT2D eigenvalue weighted by Gasteiger charge is -1.91. The monoisotopic (exact) mass is 214 g/mol. The highest BCUT2D eigenvalue weighted by atomic mass is 16.2. The normalized spacial score (nSPS) is 10.1. The molecule has 16 heavy (non-hydrogen) atoms. The van der Waals surface area contributed by atoms with Crippen LogP contribution in [0, 0.1) is 11.8 Å². The summed E-state index contributed by atoms with van der Waals surface area (Å²) in [7, 11) is 0. The molecule has 84 valence electrons. The van der Waals surface area contributed by atoms with Gasteiger partial charge in [-0.2, -0.15) is 0 Å². The Kier molecular flexibility index (Phi) is 6.87. The van der Waals surface area contributed by atoms with E-state index < -0.39 is 0 Å². The van der Waals surface area contributed by atoms with Gasteiger partial charge >= 0.3 is 0 Å². The van der Waals surface area contributed by atoms with E-state index in [0.29, 0.717) is 6.61 Å². The van der Waals surface area contributed by atoms with Crippen LogP contribution in [0.3, 0.4) is 0 Å². The molecule has 0 saturated carbocycles. The van der Waals surface area contributed by atoms with E-state index in [0.717, 1.165) is 25.7 Å². The van der Waals surface area contributed by atoms with Crippen LogP contribution in [0.4, 0.5) is 0 Å². The summed E-state index contributed by atoms with van der Waals surface area (Å²) in [5.41, 5.74) is 1.18. The Hall–Kier alpha value is -1.52. The summed E-state index contributed by atoms with van der Waals surface area (Å²) in [5.74, 6) is 6.11. The standard InChI is InChI=1S/C15H18O/c16-14-10-5-3-1-2-4-7-11-15-12-8-6-9-13-15/h6-9,11-13,16H,1,3,5,10,14H2/b11-7+. The first kappa shape index (κ1) is 12.5. The Morgan fingerprint density at radius 1 is 1.06 bits per heavy atom. The van der Waals surface area contributed by atoms with Gasteiger partial charge in [0, 0.05) is 13.0 Å². The number of allylic oxidation sites excluding steroid dienone is 1. The fourth-order valence-corrected chi connectivity index (χ4v) is 1.34. The van der Waals surface area contributed by atoms with Crippen LogP contribution in [-0.2, 0) is 0 Å². The molecule has 1 nitrogen and oxygen atoms in total. The maximum Gasteiger partial charge on any atom is 0.0431 e. The van der Waals surface area contributed by atoms with Crippen molar-refractivity contribution in [3.8, 4) is 11.8 Å². The largest absolute Gasteiger partial charge is 0.396 e. The third kappa shape index (κ3) is 6.06. The second kappa shape index (κ2) is 8.76. The third-order valence-corrected chi connectivity index (χ3v) is 2.22. The summed E-state index contributed by atoms with van der Waals surface area (Å²) < 4.78 is 0. The molecule has 0 saturated heterocycles. The minimum absolute atomic E-state index is 0.293. The van der Waals surface area contributed by atoms with Crippen molar-refractivity contribution in [1.29, 1.82) is 0 Å². The van der Waals surface area contributed by atoms with Gasteiger partial charge in [0.05, 0.1) is 0 Å². The molecule has 1 rings (SSSR count). The van der Waals surface area contributed by atoms with Crippen LogP contribution in [0.1, 0.15) is 31.2 Å². The SMILES string of the molecule is OCCCCCC#C/C=C/c1ccccc1. The van der Waals surface area contributed by atoms with Gasteiger partial charge in [0.25, 0.3) is 0 Å². The Balaban J connectivity index is 2.19. The van der Waals surface area contributed by atoms with E-state index in [1.165, 1.54) is 5.56 Å². The Morgan fingerprint density at radius 3 is 2.62 bits per heavy atom. The summed E-state index contributed by atoms with van der Waals surface area (Å²) in [6.45, 7) is 0.293. The fourth-order valence-electron chi connectivity index (χ4n) is 1.34. The van der Waals surface area contributed by atoms with Crippen molar-refractivity contribution in [3.05, 3.63) is 42.0 Å². The van der Waals surface area contributed by atoms with Crippen molar-refractivity contribution < 1.29 is 5.11 Å². The van der Waals surface area contributed by atoms with Crippen molar-refractivity contribution >= 4 is 6.08 Å². The lowest BCUT2D eigenvalue weighted by Crippen LogP contribution is -1.81. The van der Waals surface area contributed by atoms with Crippen LogP contribution in [0.5, 0.6) is 0 Å². The van der Waals surface area contributed by atoms with Gasteiger partial charge in [-0.15, -0.1) is 0 Å². The quantitative estimate of drug-likeness (QED) is 0.589.